The number of thioether (sulfide) groups is 1. The number of benzene rings is 2. The van der Waals surface area contributed by atoms with Gasteiger partial charge >= 0.3 is 0 Å². The first-order chi connectivity index (χ1) is 8.70. The van der Waals surface area contributed by atoms with Gasteiger partial charge in [-0.25, -0.2) is 0 Å². The topological polar surface area (TPSA) is 35.2 Å². The van der Waals surface area contributed by atoms with Crippen molar-refractivity contribution in [2.24, 2.45) is 5.73 Å². The van der Waals surface area contributed by atoms with Gasteiger partial charge in [-0.1, -0.05) is 24.3 Å². The zero-order valence-corrected chi connectivity index (χ0v) is 11.4. The SMILES string of the molecule is CSc1ccccc1Oc1cccc(C(C)N)c1. The summed E-state index contributed by atoms with van der Waals surface area (Å²) in [5.41, 5.74) is 6.95. The Hall–Kier alpha value is -1.45. The summed E-state index contributed by atoms with van der Waals surface area (Å²) in [4.78, 5) is 1.13. The Kier molecular flexibility index (Phi) is 4.28. The first-order valence-corrected chi connectivity index (χ1v) is 7.09. The maximum absolute atomic E-state index is 5.91. The predicted molar refractivity (Wildman–Crippen MR) is 77.3 cm³/mol. The molecule has 2 nitrogen and oxygen atoms in total. The predicted octanol–water partition coefficient (Wildman–Crippen LogP) is 4.22. The van der Waals surface area contributed by atoms with Crippen LogP contribution in [0.25, 0.3) is 0 Å². The van der Waals surface area contributed by atoms with Crippen molar-refractivity contribution >= 4 is 11.8 Å². The standard InChI is InChI=1S/C15H17NOS/c1-11(16)12-6-5-7-13(10-12)17-14-8-3-4-9-15(14)18-2/h3-11H,16H2,1-2H3. The van der Waals surface area contributed by atoms with Crippen LogP contribution in [0.15, 0.2) is 53.4 Å². The van der Waals surface area contributed by atoms with Gasteiger partial charge in [0.2, 0.25) is 0 Å². The summed E-state index contributed by atoms with van der Waals surface area (Å²) in [6.07, 6.45) is 2.04. The maximum atomic E-state index is 5.91. The minimum absolute atomic E-state index is 0.0179. The van der Waals surface area contributed by atoms with Crippen molar-refractivity contribution in [2.45, 2.75) is 17.9 Å². The molecule has 1 atom stereocenters. The van der Waals surface area contributed by atoms with Gasteiger partial charge in [0.25, 0.3) is 0 Å². The van der Waals surface area contributed by atoms with E-state index in [1.165, 1.54) is 0 Å². The van der Waals surface area contributed by atoms with Crippen LogP contribution in [0.4, 0.5) is 0 Å². The second kappa shape index (κ2) is 5.94. The number of para-hydroxylation sites is 1. The molecule has 0 bridgehead atoms. The van der Waals surface area contributed by atoms with E-state index in [2.05, 4.69) is 6.07 Å². The van der Waals surface area contributed by atoms with Crippen molar-refractivity contribution in [1.82, 2.24) is 0 Å². The molecule has 0 heterocycles. The van der Waals surface area contributed by atoms with E-state index in [0.717, 1.165) is 22.0 Å². The Labute approximate surface area is 112 Å². The molecular weight excluding hydrogens is 242 g/mol. The Morgan fingerprint density at radius 2 is 1.89 bits per heavy atom. The van der Waals surface area contributed by atoms with Crippen LogP contribution in [-0.4, -0.2) is 6.26 Å². The van der Waals surface area contributed by atoms with Crippen molar-refractivity contribution in [1.29, 1.82) is 0 Å². The Morgan fingerprint density at radius 3 is 2.61 bits per heavy atom. The largest absolute Gasteiger partial charge is 0.456 e. The molecule has 0 aliphatic rings. The monoisotopic (exact) mass is 259 g/mol. The van der Waals surface area contributed by atoms with E-state index in [9.17, 15) is 0 Å². The minimum atomic E-state index is 0.0179. The summed E-state index contributed by atoms with van der Waals surface area (Å²) in [6.45, 7) is 1.97. The van der Waals surface area contributed by atoms with Crippen LogP contribution < -0.4 is 10.5 Å². The van der Waals surface area contributed by atoms with E-state index in [1.807, 2.05) is 55.6 Å². The number of ether oxygens (including phenoxy) is 1. The maximum Gasteiger partial charge on any atom is 0.140 e. The molecule has 1 unspecified atom stereocenters. The molecule has 2 rings (SSSR count). The third kappa shape index (κ3) is 3.06. The van der Waals surface area contributed by atoms with Gasteiger partial charge in [-0.3, -0.25) is 0 Å². The van der Waals surface area contributed by atoms with Crippen molar-refractivity contribution in [2.75, 3.05) is 6.26 Å². The zero-order valence-electron chi connectivity index (χ0n) is 10.6. The van der Waals surface area contributed by atoms with E-state index in [-0.39, 0.29) is 6.04 Å². The van der Waals surface area contributed by atoms with E-state index < -0.39 is 0 Å². The molecule has 2 aromatic rings. The molecular formula is C15H17NOS. The third-order valence-electron chi connectivity index (χ3n) is 2.68. The lowest BCUT2D eigenvalue weighted by Gasteiger charge is -2.11. The number of rotatable bonds is 4. The fraction of sp³-hybridized carbons (Fsp3) is 0.200. The molecule has 0 spiro atoms. The molecule has 0 fully saturated rings. The molecule has 3 heteroatoms. The number of hydrogen-bond acceptors (Lipinski definition) is 3. The first-order valence-electron chi connectivity index (χ1n) is 5.87. The fourth-order valence-corrected chi connectivity index (χ4v) is 2.22. The molecule has 0 saturated carbocycles. The molecule has 0 amide bonds. The highest BCUT2D eigenvalue weighted by Crippen LogP contribution is 2.31. The molecule has 0 saturated heterocycles. The van der Waals surface area contributed by atoms with Crippen LogP contribution in [0.3, 0.4) is 0 Å². The van der Waals surface area contributed by atoms with Gasteiger partial charge in [-0.15, -0.1) is 11.8 Å². The van der Waals surface area contributed by atoms with Crippen molar-refractivity contribution in [3.8, 4) is 11.5 Å². The van der Waals surface area contributed by atoms with Crippen LogP contribution in [0.2, 0.25) is 0 Å². The lowest BCUT2D eigenvalue weighted by atomic mass is 10.1. The van der Waals surface area contributed by atoms with Gasteiger partial charge in [0.05, 0.1) is 0 Å². The van der Waals surface area contributed by atoms with Gasteiger partial charge < -0.3 is 10.5 Å². The van der Waals surface area contributed by atoms with Gasteiger partial charge in [0.1, 0.15) is 11.5 Å². The molecule has 2 aromatic carbocycles. The molecule has 0 aromatic heterocycles. The van der Waals surface area contributed by atoms with E-state index in [4.69, 9.17) is 10.5 Å². The number of nitrogens with two attached hydrogens (primary N) is 1. The van der Waals surface area contributed by atoms with Gasteiger partial charge in [-0.05, 0) is 43.0 Å². The number of hydrogen-bond donors (Lipinski definition) is 1. The summed E-state index contributed by atoms with van der Waals surface area (Å²) in [5.74, 6) is 1.71. The second-order valence-electron chi connectivity index (χ2n) is 4.11. The molecule has 0 aliphatic carbocycles. The molecule has 94 valence electrons. The molecule has 18 heavy (non-hydrogen) atoms. The smallest absolute Gasteiger partial charge is 0.140 e. The normalized spacial score (nSPS) is 12.2. The van der Waals surface area contributed by atoms with Gasteiger partial charge in [0.15, 0.2) is 0 Å². The van der Waals surface area contributed by atoms with Crippen LogP contribution in [0.5, 0.6) is 11.5 Å². The van der Waals surface area contributed by atoms with Gasteiger partial charge in [-0.2, -0.15) is 0 Å². The van der Waals surface area contributed by atoms with Crippen LogP contribution >= 0.6 is 11.8 Å². The summed E-state index contributed by atoms with van der Waals surface area (Å²) >= 11 is 1.68. The summed E-state index contributed by atoms with van der Waals surface area (Å²) in [7, 11) is 0. The lowest BCUT2D eigenvalue weighted by Crippen LogP contribution is -2.04. The third-order valence-corrected chi connectivity index (χ3v) is 3.46. The second-order valence-corrected chi connectivity index (χ2v) is 4.96. The summed E-state index contributed by atoms with van der Waals surface area (Å²) in [5, 5.41) is 0. The van der Waals surface area contributed by atoms with Crippen LogP contribution in [0, 0.1) is 0 Å². The highest BCUT2D eigenvalue weighted by Gasteiger charge is 2.05. The summed E-state index contributed by atoms with van der Waals surface area (Å²) in [6, 6.07) is 15.9. The van der Waals surface area contributed by atoms with Gasteiger partial charge in [0, 0.05) is 10.9 Å². The Balaban J connectivity index is 2.25. The first kappa shape index (κ1) is 13.0. The Bertz CT molecular complexity index is 525. The summed E-state index contributed by atoms with van der Waals surface area (Å²) < 4.78 is 5.91. The minimum Gasteiger partial charge on any atom is -0.456 e. The average molecular weight is 259 g/mol. The average Bonchev–Trinajstić information content (AvgIpc) is 2.39. The highest BCUT2D eigenvalue weighted by molar-refractivity contribution is 7.98. The molecule has 2 N–H and O–H groups in total. The highest BCUT2D eigenvalue weighted by atomic mass is 32.2. The lowest BCUT2D eigenvalue weighted by molar-refractivity contribution is 0.470. The van der Waals surface area contributed by atoms with Crippen LogP contribution in [-0.2, 0) is 0 Å². The van der Waals surface area contributed by atoms with Crippen molar-refractivity contribution in [3.63, 3.8) is 0 Å². The van der Waals surface area contributed by atoms with Crippen molar-refractivity contribution in [3.05, 3.63) is 54.1 Å². The zero-order chi connectivity index (χ0) is 13.0. The van der Waals surface area contributed by atoms with Crippen LogP contribution in [0.1, 0.15) is 18.5 Å². The van der Waals surface area contributed by atoms with E-state index >= 15 is 0 Å². The molecule has 0 radical (unpaired) electrons. The van der Waals surface area contributed by atoms with Crippen molar-refractivity contribution < 1.29 is 4.74 Å². The fourth-order valence-electron chi connectivity index (χ4n) is 1.69. The molecule has 0 aliphatic heterocycles. The Morgan fingerprint density at radius 1 is 1.11 bits per heavy atom. The van der Waals surface area contributed by atoms with E-state index in [0.29, 0.717) is 0 Å². The van der Waals surface area contributed by atoms with E-state index in [1.54, 1.807) is 11.8 Å². The quantitative estimate of drug-likeness (QED) is 0.835.